The van der Waals surface area contributed by atoms with Crippen LogP contribution in [-0.4, -0.2) is 28.4 Å². The molecule has 9 heteroatoms. The van der Waals surface area contributed by atoms with Crippen molar-refractivity contribution in [1.82, 2.24) is 5.32 Å². The Kier molecular flexibility index (Phi) is 5.47. The molecule has 2 aromatic rings. The molecule has 1 aromatic carbocycles. The van der Waals surface area contributed by atoms with Crippen molar-refractivity contribution in [1.29, 1.82) is 0 Å². The Bertz CT molecular complexity index is 894. The van der Waals surface area contributed by atoms with Crippen LogP contribution in [0.2, 0.25) is 0 Å². The number of benzene rings is 1. The summed E-state index contributed by atoms with van der Waals surface area (Å²) in [7, 11) is 0. The fourth-order valence-corrected chi connectivity index (χ4v) is 3.10. The van der Waals surface area contributed by atoms with Gasteiger partial charge in [0.15, 0.2) is 5.17 Å². The van der Waals surface area contributed by atoms with E-state index in [-0.39, 0.29) is 18.0 Å². The highest BCUT2D eigenvalue weighted by Crippen LogP contribution is 2.23. The molecule has 1 aliphatic rings. The molecule has 0 saturated carbocycles. The van der Waals surface area contributed by atoms with Crippen molar-refractivity contribution in [3.63, 3.8) is 0 Å². The van der Waals surface area contributed by atoms with E-state index < -0.39 is 17.0 Å². The van der Waals surface area contributed by atoms with Crippen LogP contribution in [0.3, 0.4) is 0 Å². The van der Waals surface area contributed by atoms with E-state index in [4.69, 9.17) is 4.42 Å². The van der Waals surface area contributed by atoms with Crippen LogP contribution in [0.15, 0.2) is 51.0 Å². The molecule has 1 unspecified atom stereocenters. The monoisotopic (exact) mass is 374 g/mol. The quantitative estimate of drug-likeness (QED) is 0.621. The van der Waals surface area contributed by atoms with Gasteiger partial charge in [0, 0.05) is 6.42 Å². The number of hydrogen-bond donors (Lipinski definition) is 2. The summed E-state index contributed by atoms with van der Waals surface area (Å²) in [4.78, 5) is 24.0. The number of amides is 2. The third kappa shape index (κ3) is 4.57. The highest BCUT2D eigenvalue weighted by molar-refractivity contribution is 8.15. The van der Waals surface area contributed by atoms with Gasteiger partial charge in [0.05, 0.1) is 11.9 Å². The van der Waals surface area contributed by atoms with Crippen LogP contribution in [0.25, 0.3) is 0 Å². The van der Waals surface area contributed by atoms with Crippen molar-refractivity contribution < 1.29 is 18.4 Å². The third-order valence-electron chi connectivity index (χ3n) is 3.39. The predicted octanol–water partition coefficient (Wildman–Crippen LogP) is 2.68. The highest BCUT2D eigenvalue weighted by atomic mass is 32.2. The zero-order valence-corrected chi connectivity index (χ0v) is 14.5. The zero-order valence-electron chi connectivity index (χ0n) is 13.7. The van der Waals surface area contributed by atoms with Gasteiger partial charge in [0.25, 0.3) is 0 Å². The van der Waals surface area contributed by atoms with Gasteiger partial charge in [-0.25, -0.2) is 4.39 Å². The van der Waals surface area contributed by atoms with Crippen LogP contribution >= 0.6 is 11.8 Å². The number of carbonyl (C=O) groups excluding carboxylic acids is 2. The molecule has 0 radical (unpaired) electrons. The lowest BCUT2D eigenvalue weighted by atomic mass is 10.2. The Morgan fingerprint density at radius 1 is 1.38 bits per heavy atom. The molecular weight excluding hydrogens is 359 g/mol. The van der Waals surface area contributed by atoms with E-state index in [0.29, 0.717) is 10.9 Å². The van der Waals surface area contributed by atoms with Crippen molar-refractivity contribution in [2.75, 3.05) is 5.32 Å². The van der Waals surface area contributed by atoms with E-state index in [0.717, 1.165) is 17.5 Å². The number of para-hydroxylation sites is 1. The molecule has 134 valence electrons. The minimum atomic E-state index is -0.651. The molecule has 2 N–H and O–H groups in total. The minimum Gasteiger partial charge on any atom is -0.460 e. The average Bonchev–Trinajstić information content (AvgIpc) is 3.16. The SMILES string of the molecule is Cc1ccc(/C=N/N=C2/NC(=O)C(CC(=O)Nc3ccccc3F)S2)o1. The van der Waals surface area contributed by atoms with E-state index in [1.807, 2.05) is 6.92 Å². The van der Waals surface area contributed by atoms with Crippen LogP contribution in [0.4, 0.5) is 10.1 Å². The van der Waals surface area contributed by atoms with Gasteiger partial charge in [-0.1, -0.05) is 23.9 Å². The summed E-state index contributed by atoms with van der Waals surface area (Å²) in [6, 6.07) is 9.38. The maximum Gasteiger partial charge on any atom is 0.240 e. The van der Waals surface area contributed by atoms with E-state index in [1.165, 1.54) is 24.4 Å². The normalized spacial score (nSPS) is 18.5. The van der Waals surface area contributed by atoms with E-state index in [1.54, 1.807) is 18.2 Å². The molecule has 0 bridgehead atoms. The number of aryl methyl sites for hydroxylation is 1. The molecule has 0 aliphatic carbocycles. The van der Waals surface area contributed by atoms with Gasteiger partial charge >= 0.3 is 0 Å². The van der Waals surface area contributed by atoms with Crippen molar-refractivity contribution in [2.45, 2.75) is 18.6 Å². The summed E-state index contributed by atoms with van der Waals surface area (Å²) >= 11 is 1.09. The first kappa shape index (κ1) is 17.9. The number of rotatable bonds is 5. The lowest BCUT2D eigenvalue weighted by Crippen LogP contribution is -2.28. The second-order valence-corrected chi connectivity index (χ2v) is 6.62. The van der Waals surface area contributed by atoms with E-state index in [9.17, 15) is 14.0 Å². The second-order valence-electron chi connectivity index (χ2n) is 5.43. The molecule has 7 nitrogen and oxygen atoms in total. The summed E-state index contributed by atoms with van der Waals surface area (Å²) in [5.74, 6) is -0.0419. The Hall–Kier alpha value is -2.94. The van der Waals surface area contributed by atoms with Gasteiger partial charge in [0.2, 0.25) is 11.8 Å². The van der Waals surface area contributed by atoms with Gasteiger partial charge < -0.3 is 15.1 Å². The van der Waals surface area contributed by atoms with E-state index >= 15 is 0 Å². The Labute approximate surface area is 152 Å². The first-order valence-electron chi connectivity index (χ1n) is 7.70. The van der Waals surface area contributed by atoms with Gasteiger partial charge in [-0.3, -0.25) is 9.59 Å². The number of hydrogen-bond acceptors (Lipinski definition) is 6. The maximum absolute atomic E-state index is 13.5. The predicted molar refractivity (Wildman–Crippen MR) is 97.6 cm³/mol. The van der Waals surface area contributed by atoms with Gasteiger partial charge in [-0.05, 0) is 31.2 Å². The number of carbonyl (C=O) groups is 2. The number of thioether (sulfide) groups is 1. The maximum atomic E-state index is 13.5. The van der Waals surface area contributed by atoms with Crippen LogP contribution < -0.4 is 10.6 Å². The molecule has 1 atom stereocenters. The van der Waals surface area contributed by atoms with Crippen LogP contribution in [-0.2, 0) is 9.59 Å². The minimum absolute atomic E-state index is 0.0770. The van der Waals surface area contributed by atoms with Crippen LogP contribution in [0, 0.1) is 12.7 Å². The second kappa shape index (κ2) is 7.96. The summed E-state index contributed by atoms with van der Waals surface area (Å²) in [6.07, 6.45) is 1.32. The first-order chi connectivity index (χ1) is 12.5. The number of amidine groups is 1. The molecule has 1 aliphatic heterocycles. The van der Waals surface area contributed by atoms with Crippen molar-refractivity contribution in [3.8, 4) is 0 Å². The zero-order chi connectivity index (χ0) is 18.5. The Morgan fingerprint density at radius 3 is 2.92 bits per heavy atom. The smallest absolute Gasteiger partial charge is 0.240 e. The Balaban J connectivity index is 1.56. The molecule has 2 amide bonds. The molecular formula is C17H15FN4O3S. The molecule has 0 spiro atoms. The molecule has 1 fully saturated rings. The highest BCUT2D eigenvalue weighted by Gasteiger charge is 2.32. The number of nitrogens with one attached hydrogen (secondary N) is 2. The number of halogens is 1. The third-order valence-corrected chi connectivity index (χ3v) is 4.46. The van der Waals surface area contributed by atoms with Crippen molar-refractivity contribution in [3.05, 3.63) is 53.7 Å². The Morgan fingerprint density at radius 2 is 2.19 bits per heavy atom. The largest absolute Gasteiger partial charge is 0.460 e. The first-order valence-corrected chi connectivity index (χ1v) is 8.58. The van der Waals surface area contributed by atoms with Gasteiger partial charge in [0.1, 0.15) is 22.6 Å². The molecule has 1 saturated heterocycles. The average molecular weight is 374 g/mol. The van der Waals surface area contributed by atoms with E-state index in [2.05, 4.69) is 20.8 Å². The molecule has 2 heterocycles. The number of nitrogens with zero attached hydrogens (tertiary/aromatic N) is 2. The molecule has 26 heavy (non-hydrogen) atoms. The van der Waals surface area contributed by atoms with Gasteiger partial charge in [-0.15, -0.1) is 5.10 Å². The van der Waals surface area contributed by atoms with Crippen LogP contribution in [0.1, 0.15) is 17.9 Å². The number of anilines is 1. The summed E-state index contributed by atoms with van der Waals surface area (Å²) in [5.41, 5.74) is 0.0770. The summed E-state index contributed by atoms with van der Waals surface area (Å²) < 4.78 is 18.9. The standard InChI is InChI=1S/C17H15FN4O3S/c1-10-6-7-11(25-10)9-19-22-17-21-16(24)14(26-17)8-15(23)20-13-5-3-2-4-12(13)18/h2-7,9,14H,8H2,1H3,(H,20,23)(H,21,22,24)/b19-9+. The van der Waals surface area contributed by atoms with Crippen LogP contribution in [0.5, 0.6) is 0 Å². The summed E-state index contributed by atoms with van der Waals surface area (Å²) in [6.45, 7) is 1.81. The fraction of sp³-hybridized carbons (Fsp3) is 0.176. The summed E-state index contributed by atoms with van der Waals surface area (Å²) in [5, 5.41) is 12.4. The topological polar surface area (TPSA) is 96.1 Å². The fourth-order valence-electron chi connectivity index (χ4n) is 2.18. The van der Waals surface area contributed by atoms with Crippen molar-refractivity contribution in [2.24, 2.45) is 10.2 Å². The van der Waals surface area contributed by atoms with Crippen molar-refractivity contribution >= 4 is 40.6 Å². The lowest BCUT2D eigenvalue weighted by Gasteiger charge is -2.07. The number of furan rings is 1. The van der Waals surface area contributed by atoms with Gasteiger partial charge in [-0.2, -0.15) is 5.10 Å². The lowest BCUT2D eigenvalue weighted by molar-refractivity contribution is -0.122. The molecule has 1 aromatic heterocycles. The molecule has 3 rings (SSSR count).